The highest BCUT2D eigenvalue weighted by Crippen LogP contribution is 2.20. The Hall–Kier alpha value is -3.27. The summed E-state index contributed by atoms with van der Waals surface area (Å²) >= 11 is 1.26. The number of carbonyl (C=O) groups excluding carboxylic acids is 2. The van der Waals surface area contributed by atoms with Gasteiger partial charge in [-0.05, 0) is 44.9 Å². The molecule has 0 bridgehead atoms. The van der Waals surface area contributed by atoms with Crippen LogP contribution in [0.2, 0.25) is 0 Å². The van der Waals surface area contributed by atoms with Gasteiger partial charge in [0.1, 0.15) is 22.8 Å². The van der Waals surface area contributed by atoms with Gasteiger partial charge in [-0.2, -0.15) is 0 Å². The van der Waals surface area contributed by atoms with Gasteiger partial charge in [-0.3, -0.25) is 14.9 Å². The molecule has 4 rings (SSSR count). The van der Waals surface area contributed by atoms with Crippen molar-refractivity contribution < 1.29 is 14.0 Å². The SMILES string of the molecule is Cc1cc(C(=O)NC2CCN(c3ccc(C(=O)Nc4nncs4)cn3)CC2)c(C)o1. The number of rotatable bonds is 5. The van der Waals surface area contributed by atoms with Crippen LogP contribution in [0, 0.1) is 13.8 Å². The molecular weight excluding hydrogens is 404 g/mol. The second-order valence-electron chi connectivity index (χ2n) is 7.16. The molecule has 2 amide bonds. The number of aromatic nitrogens is 3. The second kappa shape index (κ2) is 8.62. The molecule has 3 aromatic heterocycles. The van der Waals surface area contributed by atoms with Crippen molar-refractivity contribution in [2.75, 3.05) is 23.3 Å². The molecule has 4 heterocycles. The Morgan fingerprint density at radius 1 is 1.20 bits per heavy atom. The van der Waals surface area contributed by atoms with E-state index in [4.69, 9.17) is 4.42 Å². The first kappa shape index (κ1) is 20.0. The zero-order valence-electron chi connectivity index (χ0n) is 16.7. The predicted molar refractivity (Wildman–Crippen MR) is 113 cm³/mol. The smallest absolute Gasteiger partial charge is 0.259 e. The highest BCUT2D eigenvalue weighted by molar-refractivity contribution is 7.13. The summed E-state index contributed by atoms with van der Waals surface area (Å²) in [6, 6.07) is 5.47. The Kier molecular flexibility index (Phi) is 5.75. The van der Waals surface area contributed by atoms with E-state index >= 15 is 0 Å². The van der Waals surface area contributed by atoms with E-state index in [0.29, 0.717) is 22.0 Å². The topological polar surface area (TPSA) is 113 Å². The minimum absolute atomic E-state index is 0.0910. The summed E-state index contributed by atoms with van der Waals surface area (Å²) in [5.41, 5.74) is 2.61. The van der Waals surface area contributed by atoms with Gasteiger partial charge in [-0.25, -0.2) is 4.98 Å². The summed E-state index contributed by atoms with van der Waals surface area (Å²) in [6.45, 7) is 5.18. The third kappa shape index (κ3) is 4.48. The third-order valence-electron chi connectivity index (χ3n) is 5.03. The zero-order valence-corrected chi connectivity index (χ0v) is 17.5. The molecular formula is C20H22N6O3S. The molecule has 0 spiro atoms. The van der Waals surface area contributed by atoms with Crippen LogP contribution in [0.5, 0.6) is 0 Å². The van der Waals surface area contributed by atoms with Gasteiger partial charge < -0.3 is 14.6 Å². The van der Waals surface area contributed by atoms with Crippen molar-refractivity contribution in [1.29, 1.82) is 0 Å². The first-order chi connectivity index (χ1) is 14.5. The van der Waals surface area contributed by atoms with E-state index in [1.54, 1.807) is 30.8 Å². The molecule has 2 N–H and O–H groups in total. The van der Waals surface area contributed by atoms with E-state index < -0.39 is 0 Å². The maximum absolute atomic E-state index is 12.5. The lowest BCUT2D eigenvalue weighted by Crippen LogP contribution is -2.45. The zero-order chi connectivity index (χ0) is 21.1. The van der Waals surface area contributed by atoms with Crippen molar-refractivity contribution in [1.82, 2.24) is 20.5 Å². The molecule has 10 heteroatoms. The van der Waals surface area contributed by atoms with Crippen LogP contribution in [0.4, 0.5) is 10.9 Å². The molecule has 0 atom stereocenters. The molecule has 156 valence electrons. The molecule has 1 fully saturated rings. The first-order valence-electron chi connectivity index (χ1n) is 9.66. The summed E-state index contributed by atoms with van der Waals surface area (Å²) in [7, 11) is 0. The van der Waals surface area contributed by atoms with Crippen LogP contribution in [-0.4, -0.2) is 46.1 Å². The van der Waals surface area contributed by atoms with E-state index in [1.807, 2.05) is 13.0 Å². The van der Waals surface area contributed by atoms with Gasteiger partial charge in [-0.15, -0.1) is 10.2 Å². The van der Waals surface area contributed by atoms with Gasteiger partial charge in [-0.1, -0.05) is 11.3 Å². The average Bonchev–Trinajstić information content (AvgIpc) is 3.37. The van der Waals surface area contributed by atoms with Gasteiger partial charge >= 0.3 is 0 Å². The highest BCUT2D eigenvalue weighted by atomic mass is 32.1. The third-order valence-corrected chi connectivity index (χ3v) is 5.64. The average molecular weight is 427 g/mol. The predicted octanol–water partition coefficient (Wildman–Crippen LogP) is 2.79. The monoisotopic (exact) mass is 426 g/mol. The molecule has 0 radical (unpaired) electrons. The van der Waals surface area contributed by atoms with Crippen molar-refractivity contribution in [3.63, 3.8) is 0 Å². The minimum atomic E-state index is -0.267. The number of hydrogen-bond donors (Lipinski definition) is 2. The molecule has 1 aliphatic rings. The summed E-state index contributed by atoms with van der Waals surface area (Å²) in [6.07, 6.45) is 3.20. The number of furan rings is 1. The Morgan fingerprint density at radius 2 is 2.00 bits per heavy atom. The fourth-order valence-electron chi connectivity index (χ4n) is 3.48. The Labute approximate surface area is 177 Å². The lowest BCUT2D eigenvalue weighted by atomic mass is 10.0. The standard InChI is InChI=1S/C20H22N6O3S/c1-12-9-16(13(2)29-12)19(28)23-15-5-7-26(8-6-15)17-4-3-14(10-21-17)18(27)24-20-25-22-11-30-20/h3-4,9-11,15H,5-8H2,1-2H3,(H,23,28)(H,24,25,27). The van der Waals surface area contributed by atoms with Gasteiger partial charge in [0.2, 0.25) is 5.13 Å². The van der Waals surface area contributed by atoms with Crippen LogP contribution >= 0.6 is 11.3 Å². The van der Waals surface area contributed by atoms with E-state index in [-0.39, 0.29) is 17.9 Å². The quantitative estimate of drug-likeness (QED) is 0.645. The highest BCUT2D eigenvalue weighted by Gasteiger charge is 2.23. The molecule has 0 unspecified atom stereocenters. The van der Waals surface area contributed by atoms with Crippen LogP contribution in [-0.2, 0) is 0 Å². The number of aryl methyl sites for hydroxylation is 2. The van der Waals surface area contributed by atoms with E-state index in [9.17, 15) is 9.59 Å². The number of pyridine rings is 1. The number of amides is 2. The van der Waals surface area contributed by atoms with Crippen molar-refractivity contribution in [2.45, 2.75) is 32.7 Å². The normalized spacial score (nSPS) is 14.5. The summed E-state index contributed by atoms with van der Waals surface area (Å²) in [4.78, 5) is 31.3. The minimum Gasteiger partial charge on any atom is -0.466 e. The molecule has 0 saturated carbocycles. The van der Waals surface area contributed by atoms with Crippen molar-refractivity contribution in [3.8, 4) is 0 Å². The molecule has 1 aliphatic heterocycles. The largest absolute Gasteiger partial charge is 0.466 e. The Morgan fingerprint density at radius 3 is 2.60 bits per heavy atom. The summed E-state index contributed by atoms with van der Waals surface area (Å²) in [5, 5.41) is 13.7. The van der Waals surface area contributed by atoms with Gasteiger partial charge in [0, 0.05) is 25.3 Å². The number of carbonyl (C=O) groups is 2. The molecule has 1 saturated heterocycles. The van der Waals surface area contributed by atoms with Crippen LogP contribution in [0.3, 0.4) is 0 Å². The maximum atomic E-state index is 12.5. The van der Waals surface area contributed by atoms with Gasteiger partial charge in [0.25, 0.3) is 11.8 Å². The fourth-order valence-corrected chi connectivity index (χ4v) is 3.92. The molecule has 9 nitrogen and oxygen atoms in total. The van der Waals surface area contributed by atoms with Crippen molar-refractivity contribution >= 4 is 34.1 Å². The van der Waals surface area contributed by atoms with Gasteiger partial charge in [0.05, 0.1) is 11.1 Å². The summed E-state index contributed by atoms with van der Waals surface area (Å²) < 4.78 is 5.44. The number of piperidine rings is 1. The lowest BCUT2D eigenvalue weighted by molar-refractivity contribution is 0.0929. The lowest BCUT2D eigenvalue weighted by Gasteiger charge is -2.33. The molecule has 0 aliphatic carbocycles. The Balaban J connectivity index is 1.30. The number of anilines is 2. The first-order valence-corrected chi connectivity index (χ1v) is 10.5. The molecule has 30 heavy (non-hydrogen) atoms. The number of nitrogens with one attached hydrogen (secondary N) is 2. The van der Waals surface area contributed by atoms with E-state index in [1.165, 1.54) is 11.3 Å². The van der Waals surface area contributed by atoms with Crippen LogP contribution in [0.15, 0.2) is 34.3 Å². The number of hydrogen-bond acceptors (Lipinski definition) is 8. The number of nitrogens with zero attached hydrogens (tertiary/aromatic N) is 4. The van der Waals surface area contributed by atoms with E-state index in [2.05, 4.69) is 30.7 Å². The van der Waals surface area contributed by atoms with Crippen LogP contribution < -0.4 is 15.5 Å². The van der Waals surface area contributed by atoms with E-state index in [0.717, 1.165) is 37.5 Å². The maximum Gasteiger partial charge on any atom is 0.259 e. The fraction of sp³-hybridized carbons (Fsp3) is 0.350. The van der Waals surface area contributed by atoms with Crippen molar-refractivity contribution in [3.05, 3.63) is 52.6 Å². The van der Waals surface area contributed by atoms with Crippen molar-refractivity contribution in [2.24, 2.45) is 0 Å². The van der Waals surface area contributed by atoms with Crippen LogP contribution in [0.1, 0.15) is 45.1 Å². The molecule has 3 aromatic rings. The summed E-state index contributed by atoms with van der Waals surface area (Å²) in [5.74, 6) is 1.83. The van der Waals surface area contributed by atoms with Gasteiger partial charge in [0.15, 0.2) is 0 Å². The molecule has 0 aromatic carbocycles. The second-order valence-corrected chi connectivity index (χ2v) is 8.00. The van der Waals surface area contributed by atoms with Crippen LogP contribution in [0.25, 0.3) is 0 Å². The Bertz CT molecular complexity index is 1020.